The molecule has 0 bridgehead atoms. The van der Waals surface area contributed by atoms with Gasteiger partial charge in [-0.15, -0.1) is 0 Å². The molecule has 5 nitrogen and oxygen atoms in total. The highest BCUT2D eigenvalue weighted by molar-refractivity contribution is 7.91. The van der Waals surface area contributed by atoms with Gasteiger partial charge in [0.1, 0.15) is 0 Å². The number of benzene rings is 2. The Morgan fingerprint density at radius 2 is 1.83 bits per heavy atom. The number of sulfonamides is 1. The van der Waals surface area contributed by atoms with Crippen molar-refractivity contribution in [2.75, 3.05) is 11.3 Å². The first kappa shape index (κ1) is 20.9. The van der Waals surface area contributed by atoms with Crippen LogP contribution in [0.15, 0.2) is 55.1 Å². The predicted molar refractivity (Wildman–Crippen MR) is 103 cm³/mol. The molecule has 0 radical (unpaired) electrons. The number of alkyl halides is 3. The molecule has 1 heterocycles. The maximum atomic E-state index is 12.6. The molecule has 2 aromatic carbocycles. The summed E-state index contributed by atoms with van der Waals surface area (Å²) in [5, 5.41) is 0. The zero-order valence-corrected chi connectivity index (χ0v) is 16.2. The van der Waals surface area contributed by atoms with Crippen LogP contribution in [0.4, 0.5) is 18.9 Å². The van der Waals surface area contributed by atoms with Gasteiger partial charge in [-0.25, -0.2) is 8.42 Å². The Morgan fingerprint density at radius 3 is 2.45 bits per heavy atom. The summed E-state index contributed by atoms with van der Waals surface area (Å²) < 4.78 is 65.1. The number of hydrogen-bond acceptors (Lipinski definition) is 3. The van der Waals surface area contributed by atoms with Gasteiger partial charge in [-0.1, -0.05) is 24.8 Å². The molecule has 1 aliphatic rings. The summed E-state index contributed by atoms with van der Waals surface area (Å²) in [5.74, 6) is -0.596. The fourth-order valence-electron chi connectivity index (χ4n) is 3.16. The molecule has 1 N–H and O–H groups in total. The topological polar surface area (TPSA) is 66.5 Å². The van der Waals surface area contributed by atoms with Crippen molar-refractivity contribution in [2.24, 2.45) is 0 Å². The van der Waals surface area contributed by atoms with Crippen molar-refractivity contribution in [1.29, 1.82) is 0 Å². The number of halogens is 3. The predicted octanol–water partition coefficient (Wildman–Crippen LogP) is 3.72. The van der Waals surface area contributed by atoms with Crippen LogP contribution in [0.3, 0.4) is 0 Å². The number of anilines is 1. The third-order valence-corrected chi connectivity index (χ3v) is 5.88. The molecule has 0 unspecified atom stereocenters. The molecule has 0 saturated carbocycles. The summed E-state index contributed by atoms with van der Waals surface area (Å²) in [6.07, 6.45) is -2.62. The minimum Gasteiger partial charge on any atom is -0.335 e. The Balaban J connectivity index is 1.69. The zero-order valence-electron chi connectivity index (χ0n) is 15.4. The highest BCUT2D eigenvalue weighted by Gasteiger charge is 2.30. The second kappa shape index (κ2) is 7.90. The smallest absolute Gasteiger partial charge is 0.335 e. The molecule has 0 aromatic heterocycles. The Labute approximate surface area is 166 Å². The number of rotatable bonds is 5. The average molecular weight is 424 g/mol. The lowest BCUT2D eigenvalue weighted by molar-refractivity contribution is -0.137. The van der Waals surface area contributed by atoms with Gasteiger partial charge in [-0.3, -0.25) is 9.52 Å². The number of carbonyl (C=O) groups excluding carboxylic acids is 1. The van der Waals surface area contributed by atoms with Gasteiger partial charge in [-0.05, 0) is 53.5 Å². The lowest BCUT2D eigenvalue weighted by Gasteiger charge is -2.28. The van der Waals surface area contributed by atoms with Crippen LogP contribution < -0.4 is 4.72 Å². The molecule has 0 spiro atoms. The first-order valence-electron chi connectivity index (χ1n) is 8.77. The minimum atomic E-state index is -4.47. The molecule has 1 aliphatic heterocycles. The van der Waals surface area contributed by atoms with Gasteiger partial charge >= 0.3 is 6.18 Å². The third-order valence-electron chi connectivity index (χ3n) is 4.62. The number of carbonyl (C=O) groups is 1. The van der Waals surface area contributed by atoms with Gasteiger partial charge in [0.05, 0.1) is 11.3 Å². The zero-order chi connectivity index (χ0) is 21.2. The quantitative estimate of drug-likeness (QED) is 0.744. The molecule has 0 saturated heterocycles. The van der Waals surface area contributed by atoms with E-state index >= 15 is 0 Å². The van der Waals surface area contributed by atoms with Crippen molar-refractivity contribution < 1.29 is 26.4 Å². The molecular weight excluding hydrogens is 405 g/mol. The van der Waals surface area contributed by atoms with Crippen molar-refractivity contribution in [3.05, 3.63) is 77.4 Å². The molecule has 9 heteroatoms. The second-order valence-corrected chi connectivity index (χ2v) is 8.48. The van der Waals surface area contributed by atoms with E-state index in [1.54, 1.807) is 23.1 Å². The van der Waals surface area contributed by atoms with Crippen LogP contribution in [0.25, 0.3) is 0 Å². The van der Waals surface area contributed by atoms with Gasteiger partial charge in [0, 0.05) is 18.8 Å². The molecule has 0 aliphatic carbocycles. The highest BCUT2D eigenvalue weighted by atomic mass is 32.2. The van der Waals surface area contributed by atoms with Gasteiger partial charge < -0.3 is 4.90 Å². The summed E-state index contributed by atoms with van der Waals surface area (Å²) in [6, 6.07) is 9.11. The van der Waals surface area contributed by atoms with Crippen LogP contribution in [-0.2, 0) is 39.7 Å². The van der Waals surface area contributed by atoms with Crippen LogP contribution >= 0.6 is 0 Å². The Bertz CT molecular complexity index is 1030. The van der Waals surface area contributed by atoms with Crippen molar-refractivity contribution in [2.45, 2.75) is 24.9 Å². The molecule has 2 aromatic rings. The SMILES string of the molecule is C=CC(=O)N1CCc2cc(NS(=O)(=O)Cc3ccc(C(F)(F)F)cc3)ccc2C1. The summed E-state index contributed by atoms with van der Waals surface area (Å²) in [7, 11) is -3.80. The van der Waals surface area contributed by atoms with E-state index in [1.807, 2.05) is 0 Å². The molecule has 1 amide bonds. The fraction of sp³-hybridized carbons (Fsp3) is 0.250. The summed E-state index contributed by atoms with van der Waals surface area (Å²) >= 11 is 0. The normalized spacial score (nSPS) is 14.2. The van der Waals surface area contributed by atoms with Crippen LogP contribution in [0, 0.1) is 0 Å². The summed E-state index contributed by atoms with van der Waals surface area (Å²) in [5.41, 5.74) is 1.66. The maximum absolute atomic E-state index is 12.6. The van der Waals surface area contributed by atoms with E-state index in [2.05, 4.69) is 11.3 Å². The molecule has 29 heavy (non-hydrogen) atoms. The van der Waals surface area contributed by atoms with Crippen LogP contribution in [-0.4, -0.2) is 25.8 Å². The number of nitrogens with zero attached hydrogens (tertiary/aromatic N) is 1. The Hall–Kier alpha value is -2.81. The lowest BCUT2D eigenvalue weighted by Crippen LogP contribution is -2.34. The monoisotopic (exact) mass is 424 g/mol. The van der Waals surface area contributed by atoms with Crippen LogP contribution in [0.2, 0.25) is 0 Å². The van der Waals surface area contributed by atoms with E-state index in [-0.39, 0.29) is 11.5 Å². The molecule has 154 valence electrons. The number of amides is 1. The minimum absolute atomic E-state index is 0.156. The third kappa shape index (κ3) is 5.17. The van der Waals surface area contributed by atoms with Gasteiger partial charge in [0.15, 0.2) is 0 Å². The first-order chi connectivity index (χ1) is 13.6. The van der Waals surface area contributed by atoms with E-state index in [0.717, 1.165) is 35.4 Å². The number of fused-ring (bicyclic) bond motifs is 1. The van der Waals surface area contributed by atoms with E-state index < -0.39 is 27.5 Å². The Morgan fingerprint density at radius 1 is 1.14 bits per heavy atom. The largest absolute Gasteiger partial charge is 0.416 e. The average Bonchev–Trinajstić information content (AvgIpc) is 2.66. The van der Waals surface area contributed by atoms with E-state index in [1.165, 1.54) is 6.08 Å². The van der Waals surface area contributed by atoms with Gasteiger partial charge in [0.25, 0.3) is 0 Å². The fourth-order valence-corrected chi connectivity index (χ4v) is 4.35. The van der Waals surface area contributed by atoms with E-state index in [4.69, 9.17) is 0 Å². The van der Waals surface area contributed by atoms with Crippen molar-refractivity contribution in [3.63, 3.8) is 0 Å². The van der Waals surface area contributed by atoms with Crippen molar-refractivity contribution in [1.82, 2.24) is 4.90 Å². The Kier molecular flexibility index (Phi) is 5.70. The van der Waals surface area contributed by atoms with Gasteiger partial charge in [0.2, 0.25) is 15.9 Å². The molecule has 0 fully saturated rings. The van der Waals surface area contributed by atoms with Crippen molar-refractivity contribution in [3.8, 4) is 0 Å². The lowest BCUT2D eigenvalue weighted by atomic mass is 9.99. The van der Waals surface area contributed by atoms with Crippen molar-refractivity contribution >= 4 is 21.6 Å². The number of hydrogen-bond donors (Lipinski definition) is 1. The van der Waals surface area contributed by atoms with Crippen LogP contribution in [0.5, 0.6) is 0 Å². The molecular formula is C20H19F3N2O3S. The highest BCUT2D eigenvalue weighted by Crippen LogP contribution is 2.29. The summed E-state index contributed by atoms with van der Waals surface area (Å²) in [4.78, 5) is 13.4. The molecule has 3 rings (SSSR count). The van der Waals surface area contributed by atoms with Gasteiger partial charge in [-0.2, -0.15) is 13.2 Å². The van der Waals surface area contributed by atoms with E-state index in [9.17, 15) is 26.4 Å². The molecule has 0 atom stereocenters. The van der Waals surface area contributed by atoms with E-state index in [0.29, 0.717) is 25.2 Å². The second-order valence-electron chi connectivity index (χ2n) is 6.75. The standard InChI is InChI=1S/C20H19F3N2O3S/c1-2-19(26)25-10-9-15-11-18(8-5-16(15)12-25)24-29(27,28)13-14-3-6-17(7-4-14)20(21,22)23/h2-8,11,24H,1,9-10,12-13H2. The first-order valence-corrected chi connectivity index (χ1v) is 10.4. The number of nitrogens with one attached hydrogen (secondary N) is 1. The maximum Gasteiger partial charge on any atom is 0.416 e. The summed E-state index contributed by atoms with van der Waals surface area (Å²) in [6.45, 7) is 4.42. The van der Waals surface area contributed by atoms with Crippen LogP contribution in [0.1, 0.15) is 22.3 Å².